The monoisotopic (exact) mass is 226 g/mol. The summed E-state index contributed by atoms with van der Waals surface area (Å²) in [7, 11) is 0. The smallest absolute Gasteiger partial charge is 0.0718 e. The Morgan fingerprint density at radius 1 is 1.33 bits per heavy atom. The molecule has 0 aromatic carbocycles. The highest BCUT2D eigenvalue weighted by atomic mass is 35.5. The van der Waals surface area contributed by atoms with Crippen molar-refractivity contribution in [1.82, 2.24) is 4.98 Å². The van der Waals surface area contributed by atoms with Crippen LogP contribution in [0.1, 0.15) is 25.7 Å². The fourth-order valence-electron chi connectivity index (χ4n) is 1.92. The normalized spacial score (nSPS) is 26.3. The van der Waals surface area contributed by atoms with Gasteiger partial charge in [-0.3, -0.25) is 4.98 Å². The van der Waals surface area contributed by atoms with Crippen LogP contribution in [-0.4, -0.2) is 22.2 Å². The zero-order valence-electron chi connectivity index (χ0n) is 8.49. The molecule has 2 N–H and O–H groups in total. The van der Waals surface area contributed by atoms with Crippen LogP contribution in [0.5, 0.6) is 0 Å². The lowest BCUT2D eigenvalue weighted by atomic mass is 9.93. The Morgan fingerprint density at radius 2 is 2.07 bits per heavy atom. The molecule has 15 heavy (non-hydrogen) atoms. The van der Waals surface area contributed by atoms with Gasteiger partial charge in [-0.05, 0) is 31.7 Å². The maximum absolute atomic E-state index is 9.38. The highest BCUT2D eigenvalue weighted by Crippen LogP contribution is 2.25. The van der Waals surface area contributed by atoms with E-state index in [2.05, 4.69) is 10.3 Å². The van der Waals surface area contributed by atoms with E-state index in [0.29, 0.717) is 11.1 Å². The molecule has 1 fully saturated rings. The van der Waals surface area contributed by atoms with Crippen molar-refractivity contribution in [3.63, 3.8) is 0 Å². The molecule has 0 aliphatic heterocycles. The molecular weight excluding hydrogens is 212 g/mol. The van der Waals surface area contributed by atoms with Crippen LogP contribution in [0.4, 0.5) is 5.69 Å². The molecule has 1 saturated carbocycles. The largest absolute Gasteiger partial charge is 0.393 e. The van der Waals surface area contributed by atoms with Crippen molar-refractivity contribution in [3.05, 3.63) is 23.5 Å². The molecule has 1 heterocycles. The molecule has 0 atom stereocenters. The lowest BCUT2D eigenvalue weighted by Crippen LogP contribution is -2.28. The molecule has 1 aliphatic rings. The molecule has 0 saturated heterocycles. The van der Waals surface area contributed by atoms with E-state index in [-0.39, 0.29) is 6.10 Å². The topological polar surface area (TPSA) is 45.1 Å². The summed E-state index contributed by atoms with van der Waals surface area (Å²) in [6.45, 7) is 0. The van der Waals surface area contributed by atoms with E-state index in [0.717, 1.165) is 31.4 Å². The Labute approximate surface area is 94.5 Å². The zero-order valence-corrected chi connectivity index (χ0v) is 9.24. The minimum absolute atomic E-state index is 0.118. The van der Waals surface area contributed by atoms with Crippen LogP contribution in [0.25, 0.3) is 0 Å². The number of aliphatic hydroxyl groups excluding tert-OH is 1. The molecule has 3 nitrogen and oxygen atoms in total. The second-order valence-corrected chi connectivity index (χ2v) is 4.41. The van der Waals surface area contributed by atoms with Crippen molar-refractivity contribution in [3.8, 4) is 0 Å². The number of aromatic nitrogens is 1. The van der Waals surface area contributed by atoms with Crippen molar-refractivity contribution in [2.24, 2.45) is 0 Å². The van der Waals surface area contributed by atoms with Crippen LogP contribution in [0.15, 0.2) is 18.5 Å². The van der Waals surface area contributed by atoms with E-state index < -0.39 is 0 Å². The standard InChI is InChI=1S/C11H15ClN2O/c12-10-5-6-13-7-11(10)14-8-1-3-9(15)4-2-8/h5-9,14-15H,1-4H2. The highest BCUT2D eigenvalue weighted by Gasteiger charge is 2.19. The molecule has 1 aromatic rings. The second kappa shape index (κ2) is 4.81. The minimum Gasteiger partial charge on any atom is -0.393 e. The number of pyridine rings is 1. The van der Waals surface area contributed by atoms with E-state index in [1.807, 2.05) is 0 Å². The number of halogens is 1. The number of aliphatic hydroxyl groups is 1. The summed E-state index contributed by atoms with van der Waals surface area (Å²) in [6, 6.07) is 2.19. The third-order valence-electron chi connectivity index (χ3n) is 2.82. The Balaban J connectivity index is 1.95. The Bertz CT molecular complexity index is 324. The van der Waals surface area contributed by atoms with Crippen molar-refractivity contribution in [2.45, 2.75) is 37.8 Å². The number of hydrogen-bond donors (Lipinski definition) is 2. The molecule has 4 heteroatoms. The number of nitrogens with zero attached hydrogens (tertiary/aromatic N) is 1. The first kappa shape index (κ1) is 10.7. The van der Waals surface area contributed by atoms with E-state index >= 15 is 0 Å². The fourth-order valence-corrected chi connectivity index (χ4v) is 2.08. The predicted molar refractivity (Wildman–Crippen MR) is 61.1 cm³/mol. The summed E-state index contributed by atoms with van der Waals surface area (Å²) >= 11 is 6.02. The van der Waals surface area contributed by atoms with Gasteiger partial charge in [0.25, 0.3) is 0 Å². The fraction of sp³-hybridized carbons (Fsp3) is 0.545. The van der Waals surface area contributed by atoms with Crippen molar-refractivity contribution in [1.29, 1.82) is 0 Å². The zero-order chi connectivity index (χ0) is 10.7. The molecule has 0 amide bonds. The maximum Gasteiger partial charge on any atom is 0.0718 e. The van der Waals surface area contributed by atoms with E-state index in [1.54, 1.807) is 18.5 Å². The number of anilines is 1. The van der Waals surface area contributed by atoms with Gasteiger partial charge in [-0.1, -0.05) is 11.6 Å². The first-order valence-corrected chi connectivity index (χ1v) is 5.67. The van der Waals surface area contributed by atoms with E-state index in [9.17, 15) is 5.11 Å². The average molecular weight is 227 g/mol. The van der Waals surface area contributed by atoms with Crippen molar-refractivity contribution < 1.29 is 5.11 Å². The summed E-state index contributed by atoms with van der Waals surface area (Å²) in [5.74, 6) is 0. The molecule has 82 valence electrons. The van der Waals surface area contributed by atoms with E-state index in [1.165, 1.54) is 0 Å². The summed E-state index contributed by atoms with van der Waals surface area (Å²) < 4.78 is 0. The van der Waals surface area contributed by atoms with Gasteiger partial charge in [0.1, 0.15) is 0 Å². The second-order valence-electron chi connectivity index (χ2n) is 4.01. The number of rotatable bonds is 2. The molecule has 2 rings (SSSR count). The van der Waals surface area contributed by atoms with Crippen LogP contribution in [0, 0.1) is 0 Å². The summed E-state index contributed by atoms with van der Waals surface area (Å²) in [6.07, 6.45) is 7.03. The number of hydrogen-bond acceptors (Lipinski definition) is 3. The van der Waals surface area contributed by atoms with Crippen LogP contribution < -0.4 is 5.32 Å². The molecule has 0 radical (unpaired) electrons. The quantitative estimate of drug-likeness (QED) is 0.814. The van der Waals surface area contributed by atoms with Gasteiger partial charge in [0.05, 0.1) is 23.0 Å². The van der Waals surface area contributed by atoms with Gasteiger partial charge < -0.3 is 10.4 Å². The van der Waals surface area contributed by atoms with Crippen LogP contribution >= 0.6 is 11.6 Å². The summed E-state index contributed by atoms with van der Waals surface area (Å²) in [5, 5.41) is 13.5. The SMILES string of the molecule is OC1CCC(Nc2cnccc2Cl)CC1. The molecule has 1 aromatic heterocycles. The maximum atomic E-state index is 9.38. The van der Waals surface area contributed by atoms with Gasteiger partial charge in [0.2, 0.25) is 0 Å². The summed E-state index contributed by atoms with van der Waals surface area (Å²) in [4.78, 5) is 4.03. The van der Waals surface area contributed by atoms with Gasteiger partial charge in [-0.15, -0.1) is 0 Å². The van der Waals surface area contributed by atoms with Gasteiger partial charge in [-0.25, -0.2) is 0 Å². The van der Waals surface area contributed by atoms with Gasteiger partial charge in [-0.2, -0.15) is 0 Å². The molecular formula is C11H15ClN2O. The molecule has 1 aliphatic carbocycles. The molecule has 0 bridgehead atoms. The Hall–Kier alpha value is -0.800. The minimum atomic E-state index is -0.118. The molecule has 0 unspecified atom stereocenters. The number of nitrogens with one attached hydrogen (secondary N) is 1. The van der Waals surface area contributed by atoms with Gasteiger partial charge >= 0.3 is 0 Å². The van der Waals surface area contributed by atoms with E-state index in [4.69, 9.17) is 11.6 Å². The Kier molecular flexibility index (Phi) is 3.44. The third kappa shape index (κ3) is 2.83. The van der Waals surface area contributed by atoms with Crippen LogP contribution in [-0.2, 0) is 0 Å². The first-order chi connectivity index (χ1) is 7.25. The summed E-state index contributed by atoms with van der Waals surface area (Å²) in [5.41, 5.74) is 0.889. The van der Waals surface area contributed by atoms with Gasteiger partial charge in [0, 0.05) is 12.2 Å². The lowest BCUT2D eigenvalue weighted by Gasteiger charge is -2.27. The lowest BCUT2D eigenvalue weighted by molar-refractivity contribution is 0.126. The Morgan fingerprint density at radius 3 is 2.73 bits per heavy atom. The van der Waals surface area contributed by atoms with Crippen molar-refractivity contribution in [2.75, 3.05) is 5.32 Å². The highest BCUT2D eigenvalue weighted by molar-refractivity contribution is 6.33. The first-order valence-electron chi connectivity index (χ1n) is 5.30. The van der Waals surface area contributed by atoms with Crippen LogP contribution in [0.2, 0.25) is 5.02 Å². The third-order valence-corrected chi connectivity index (χ3v) is 3.15. The molecule has 0 spiro atoms. The van der Waals surface area contributed by atoms with Crippen molar-refractivity contribution >= 4 is 17.3 Å². The average Bonchev–Trinajstić information content (AvgIpc) is 2.25. The van der Waals surface area contributed by atoms with Gasteiger partial charge in [0.15, 0.2) is 0 Å². The predicted octanol–water partition coefficient (Wildman–Crippen LogP) is 2.45. The van der Waals surface area contributed by atoms with Crippen LogP contribution in [0.3, 0.4) is 0 Å².